The second-order valence-corrected chi connectivity index (χ2v) is 9.09. The van der Waals surface area contributed by atoms with Crippen molar-refractivity contribution in [3.05, 3.63) is 65.1 Å². The van der Waals surface area contributed by atoms with Crippen molar-refractivity contribution in [1.82, 2.24) is 4.90 Å². The third-order valence-corrected chi connectivity index (χ3v) is 6.85. The number of hydrogen-bond donors (Lipinski definition) is 0. The van der Waals surface area contributed by atoms with Crippen LogP contribution in [-0.4, -0.2) is 61.5 Å². The van der Waals surface area contributed by atoms with E-state index in [1.54, 1.807) is 4.90 Å². The highest BCUT2D eigenvalue weighted by molar-refractivity contribution is 8.18. The van der Waals surface area contributed by atoms with E-state index in [-0.39, 0.29) is 12.0 Å². The highest BCUT2D eigenvalue weighted by Crippen LogP contribution is 2.35. The average Bonchev–Trinajstić information content (AvgIpc) is 3.45. The molecule has 1 atom stereocenters. The Kier molecular flexibility index (Phi) is 6.57. The van der Waals surface area contributed by atoms with Gasteiger partial charge in [0.25, 0.3) is 5.91 Å². The molecule has 3 fully saturated rings. The van der Waals surface area contributed by atoms with Gasteiger partial charge in [0.2, 0.25) is 0 Å². The summed E-state index contributed by atoms with van der Waals surface area (Å²) in [4.78, 5) is 22.9. The SMILES string of the molecule is O=C1/C(=C\c2ccc(N3CCOCC3)cc2)SC(=Nc2ccccc2)N1CC1CCCO1. The number of nitrogens with zero attached hydrogens (tertiary/aromatic N) is 3. The molecule has 0 radical (unpaired) electrons. The van der Waals surface area contributed by atoms with Crippen LogP contribution >= 0.6 is 11.8 Å². The Hall–Kier alpha value is -2.61. The lowest BCUT2D eigenvalue weighted by Gasteiger charge is -2.28. The molecular formula is C25H27N3O3S. The summed E-state index contributed by atoms with van der Waals surface area (Å²) in [7, 11) is 0. The van der Waals surface area contributed by atoms with Gasteiger partial charge in [-0.15, -0.1) is 0 Å². The van der Waals surface area contributed by atoms with Crippen molar-refractivity contribution in [3.8, 4) is 0 Å². The number of amidine groups is 1. The van der Waals surface area contributed by atoms with Gasteiger partial charge in [-0.25, -0.2) is 4.99 Å². The number of carbonyl (C=O) groups excluding carboxylic acids is 1. The van der Waals surface area contributed by atoms with E-state index in [9.17, 15) is 4.79 Å². The standard InChI is InChI=1S/C25H27N3O3S/c29-24-23(17-19-8-10-21(11-9-19)27-12-15-30-16-13-27)32-25(26-20-5-2-1-3-6-20)28(24)18-22-7-4-14-31-22/h1-3,5-6,8-11,17,22H,4,7,12-16,18H2/b23-17+,26-25?. The molecule has 0 saturated carbocycles. The van der Waals surface area contributed by atoms with Gasteiger partial charge in [-0.05, 0) is 60.5 Å². The zero-order chi connectivity index (χ0) is 21.8. The summed E-state index contributed by atoms with van der Waals surface area (Å²) in [5.74, 6) is -0.00237. The van der Waals surface area contributed by atoms with Crippen LogP contribution in [0, 0.1) is 0 Å². The minimum Gasteiger partial charge on any atom is -0.378 e. The van der Waals surface area contributed by atoms with Gasteiger partial charge in [0.05, 0.1) is 36.5 Å². The minimum absolute atomic E-state index is 0.00237. The Balaban J connectivity index is 1.37. The van der Waals surface area contributed by atoms with E-state index in [1.807, 2.05) is 36.4 Å². The summed E-state index contributed by atoms with van der Waals surface area (Å²) in [6.45, 7) is 4.66. The maximum Gasteiger partial charge on any atom is 0.266 e. The number of amides is 1. The van der Waals surface area contributed by atoms with E-state index in [1.165, 1.54) is 17.4 Å². The fourth-order valence-corrected chi connectivity index (χ4v) is 5.12. The number of aliphatic imine (C=N–C) groups is 1. The molecule has 7 heteroatoms. The minimum atomic E-state index is -0.00237. The van der Waals surface area contributed by atoms with Crippen LogP contribution in [-0.2, 0) is 14.3 Å². The molecule has 6 nitrogen and oxygen atoms in total. The molecule has 166 valence electrons. The third-order valence-electron chi connectivity index (χ3n) is 5.85. The molecule has 3 aliphatic heterocycles. The highest BCUT2D eigenvalue weighted by atomic mass is 32.2. The fraction of sp³-hybridized carbons (Fsp3) is 0.360. The maximum absolute atomic E-state index is 13.3. The van der Waals surface area contributed by atoms with E-state index in [0.29, 0.717) is 16.6 Å². The fourth-order valence-electron chi connectivity index (χ4n) is 4.11. The van der Waals surface area contributed by atoms with Crippen molar-refractivity contribution < 1.29 is 14.3 Å². The van der Waals surface area contributed by atoms with Gasteiger partial charge in [0.1, 0.15) is 0 Å². The monoisotopic (exact) mass is 449 g/mol. The lowest BCUT2D eigenvalue weighted by Crippen LogP contribution is -2.36. The number of carbonyl (C=O) groups is 1. The number of para-hydroxylation sites is 1. The summed E-state index contributed by atoms with van der Waals surface area (Å²) in [5, 5.41) is 0.716. The topological polar surface area (TPSA) is 54.4 Å². The van der Waals surface area contributed by atoms with Gasteiger partial charge < -0.3 is 14.4 Å². The van der Waals surface area contributed by atoms with Crippen molar-refractivity contribution in [2.45, 2.75) is 18.9 Å². The van der Waals surface area contributed by atoms with Crippen molar-refractivity contribution in [2.75, 3.05) is 44.4 Å². The van der Waals surface area contributed by atoms with E-state index in [2.05, 4.69) is 29.2 Å². The largest absolute Gasteiger partial charge is 0.378 e. The Labute approximate surface area is 192 Å². The molecule has 32 heavy (non-hydrogen) atoms. The van der Waals surface area contributed by atoms with Gasteiger partial charge >= 0.3 is 0 Å². The summed E-state index contributed by atoms with van der Waals surface area (Å²) >= 11 is 1.44. The quantitative estimate of drug-likeness (QED) is 0.637. The summed E-state index contributed by atoms with van der Waals surface area (Å²) < 4.78 is 11.2. The van der Waals surface area contributed by atoms with E-state index in [4.69, 9.17) is 14.5 Å². The summed E-state index contributed by atoms with van der Waals surface area (Å²) in [6, 6.07) is 18.2. The Morgan fingerprint density at radius 3 is 2.53 bits per heavy atom. The molecule has 3 saturated heterocycles. The first-order valence-electron chi connectivity index (χ1n) is 11.2. The van der Waals surface area contributed by atoms with Crippen molar-refractivity contribution >= 4 is 40.3 Å². The lowest BCUT2D eigenvalue weighted by atomic mass is 10.1. The Bertz CT molecular complexity index is 995. The normalized spacial score (nSPS) is 24.1. The Morgan fingerprint density at radius 1 is 1.03 bits per heavy atom. The molecule has 0 aliphatic carbocycles. The number of anilines is 1. The van der Waals surface area contributed by atoms with Crippen molar-refractivity contribution in [1.29, 1.82) is 0 Å². The van der Waals surface area contributed by atoms with Gasteiger partial charge in [-0.1, -0.05) is 30.3 Å². The number of benzene rings is 2. The zero-order valence-corrected chi connectivity index (χ0v) is 18.8. The zero-order valence-electron chi connectivity index (χ0n) is 18.0. The molecule has 0 aromatic heterocycles. The van der Waals surface area contributed by atoms with E-state index >= 15 is 0 Å². The summed E-state index contributed by atoms with van der Waals surface area (Å²) in [6.07, 6.45) is 4.07. The highest BCUT2D eigenvalue weighted by Gasteiger charge is 2.35. The third kappa shape index (κ3) is 4.90. The van der Waals surface area contributed by atoms with Crippen LogP contribution in [0.25, 0.3) is 6.08 Å². The van der Waals surface area contributed by atoms with Crippen LogP contribution in [0.1, 0.15) is 18.4 Å². The van der Waals surface area contributed by atoms with Gasteiger partial charge in [0, 0.05) is 25.4 Å². The second kappa shape index (κ2) is 9.90. The van der Waals surface area contributed by atoms with Crippen LogP contribution in [0.4, 0.5) is 11.4 Å². The number of hydrogen-bond acceptors (Lipinski definition) is 6. The smallest absolute Gasteiger partial charge is 0.266 e. The number of ether oxygens (including phenoxy) is 2. The predicted molar refractivity (Wildman–Crippen MR) is 129 cm³/mol. The molecule has 5 rings (SSSR count). The second-order valence-electron chi connectivity index (χ2n) is 8.08. The number of thioether (sulfide) groups is 1. The van der Waals surface area contributed by atoms with Crippen LogP contribution in [0.3, 0.4) is 0 Å². The van der Waals surface area contributed by atoms with Crippen LogP contribution in [0.2, 0.25) is 0 Å². The van der Waals surface area contributed by atoms with Gasteiger partial charge in [-0.3, -0.25) is 9.69 Å². The first-order chi connectivity index (χ1) is 15.8. The molecule has 3 aliphatic rings. The summed E-state index contributed by atoms with van der Waals surface area (Å²) in [5.41, 5.74) is 3.04. The Morgan fingerprint density at radius 2 is 1.81 bits per heavy atom. The van der Waals surface area contributed by atoms with E-state index < -0.39 is 0 Å². The van der Waals surface area contributed by atoms with Crippen LogP contribution in [0.15, 0.2) is 64.5 Å². The molecule has 0 N–H and O–H groups in total. The van der Waals surface area contributed by atoms with Crippen molar-refractivity contribution in [2.24, 2.45) is 4.99 Å². The molecule has 3 heterocycles. The predicted octanol–water partition coefficient (Wildman–Crippen LogP) is 4.31. The molecule has 1 unspecified atom stereocenters. The molecule has 0 spiro atoms. The van der Waals surface area contributed by atoms with Gasteiger partial charge in [0.15, 0.2) is 5.17 Å². The lowest BCUT2D eigenvalue weighted by molar-refractivity contribution is -0.123. The average molecular weight is 450 g/mol. The van der Waals surface area contributed by atoms with Crippen LogP contribution < -0.4 is 4.90 Å². The molecule has 2 aromatic rings. The van der Waals surface area contributed by atoms with Crippen molar-refractivity contribution in [3.63, 3.8) is 0 Å². The number of morpholine rings is 1. The maximum atomic E-state index is 13.3. The van der Waals surface area contributed by atoms with E-state index in [0.717, 1.165) is 57.0 Å². The first kappa shape index (κ1) is 21.2. The molecule has 1 amide bonds. The molecular weight excluding hydrogens is 422 g/mol. The first-order valence-corrected chi connectivity index (χ1v) is 12.0. The van der Waals surface area contributed by atoms with Gasteiger partial charge in [-0.2, -0.15) is 0 Å². The molecule has 2 aromatic carbocycles. The molecule has 0 bridgehead atoms. The number of rotatable bonds is 5. The van der Waals surface area contributed by atoms with Crippen LogP contribution in [0.5, 0.6) is 0 Å².